The summed E-state index contributed by atoms with van der Waals surface area (Å²) in [6.07, 6.45) is 9.53. The summed E-state index contributed by atoms with van der Waals surface area (Å²) in [6, 6.07) is 10.3. The van der Waals surface area contributed by atoms with Crippen molar-refractivity contribution in [1.29, 1.82) is 0 Å². The summed E-state index contributed by atoms with van der Waals surface area (Å²) in [7, 11) is 0. The molecule has 3 heteroatoms. The molecule has 1 aromatic rings. The molecule has 0 radical (unpaired) electrons. The molecule has 0 spiro atoms. The Balaban J connectivity index is 1.46. The highest BCUT2D eigenvalue weighted by Gasteiger charge is 2.17. The van der Waals surface area contributed by atoms with E-state index in [2.05, 4.69) is 53.6 Å². The average molecular weight is 305 g/mol. The van der Waals surface area contributed by atoms with Crippen LogP contribution in [0.2, 0.25) is 0 Å². The molecule has 1 heterocycles. The zero-order valence-electron chi connectivity index (χ0n) is 13.1. The fraction of sp³-hybridized carbons (Fsp3) is 0.667. The number of anilines is 1. The number of rotatable bonds is 6. The fourth-order valence-electron chi connectivity index (χ4n) is 3.56. The zero-order chi connectivity index (χ0) is 14.5. The molecule has 0 aromatic heterocycles. The van der Waals surface area contributed by atoms with E-state index in [1.54, 1.807) is 0 Å². The van der Waals surface area contributed by atoms with Crippen LogP contribution in [-0.2, 0) is 0 Å². The first-order valence-corrected chi connectivity index (χ1v) is 9.44. The van der Waals surface area contributed by atoms with Crippen LogP contribution in [0.4, 0.5) is 5.69 Å². The maximum absolute atomic E-state index is 3.64. The van der Waals surface area contributed by atoms with Gasteiger partial charge in [-0.1, -0.05) is 12.8 Å². The highest BCUT2D eigenvalue weighted by Crippen LogP contribution is 2.35. The standard InChI is InChI=1S/C18H28N2S/c1-14(13-16-5-4-12-19-16)20-15-8-10-18(11-9-15)21-17-6-2-3-7-17/h8-11,14,16-17,19-20H,2-7,12-13H2,1H3. The number of hydrogen-bond donors (Lipinski definition) is 2. The Morgan fingerprint density at radius 2 is 1.90 bits per heavy atom. The molecular weight excluding hydrogens is 276 g/mol. The molecule has 1 aliphatic carbocycles. The second kappa shape index (κ2) is 7.55. The summed E-state index contributed by atoms with van der Waals surface area (Å²) in [5.41, 5.74) is 1.26. The number of thioether (sulfide) groups is 1. The van der Waals surface area contributed by atoms with Crippen molar-refractivity contribution in [2.75, 3.05) is 11.9 Å². The molecule has 21 heavy (non-hydrogen) atoms. The summed E-state index contributed by atoms with van der Waals surface area (Å²) in [5.74, 6) is 0. The number of nitrogens with one attached hydrogen (secondary N) is 2. The SMILES string of the molecule is CC(CC1CCCN1)Nc1ccc(SC2CCCC2)cc1. The predicted molar refractivity (Wildman–Crippen MR) is 93.3 cm³/mol. The van der Waals surface area contributed by atoms with Gasteiger partial charge in [-0.15, -0.1) is 11.8 Å². The van der Waals surface area contributed by atoms with Crippen LogP contribution in [0.1, 0.15) is 51.9 Å². The molecule has 1 saturated heterocycles. The second-order valence-corrected chi connectivity index (χ2v) is 8.00. The summed E-state index contributed by atoms with van der Waals surface area (Å²) in [4.78, 5) is 1.43. The van der Waals surface area contributed by atoms with Crippen LogP contribution in [0, 0.1) is 0 Å². The van der Waals surface area contributed by atoms with Gasteiger partial charge in [-0.05, 0) is 69.8 Å². The van der Waals surface area contributed by atoms with Crippen LogP contribution in [0.5, 0.6) is 0 Å². The van der Waals surface area contributed by atoms with Crippen molar-refractivity contribution in [2.24, 2.45) is 0 Å². The van der Waals surface area contributed by atoms with E-state index >= 15 is 0 Å². The summed E-state index contributed by atoms with van der Waals surface area (Å²) >= 11 is 2.07. The first-order valence-electron chi connectivity index (χ1n) is 8.56. The van der Waals surface area contributed by atoms with Gasteiger partial charge in [0.1, 0.15) is 0 Å². The summed E-state index contributed by atoms with van der Waals surface area (Å²) < 4.78 is 0. The lowest BCUT2D eigenvalue weighted by Crippen LogP contribution is -2.29. The van der Waals surface area contributed by atoms with Crippen LogP contribution >= 0.6 is 11.8 Å². The topological polar surface area (TPSA) is 24.1 Å². The van der Waals surface area contributed by atoms with Gasteiger partial charge in [-0.25, -0.2) is 0 Å². The predicted octanol–water partition coefficient (Wildman–Crippen LogP) is 4.66. The number of hydrogen-bond acceptors (Lipinski definition) is 3. The Morgan fingerprint density at radius 3 is 2.57 bits per heavy atom. The molecule has 3 rings (SSSR count). The van der Waals surface area contributed by atoms with E-state index in [0.29, 0.717) is 12.1 Å². The lowest BCUT2D eigenvalue weighted by molar-refractivity contribution is 0.523. The van der Waals surface area contributed by atoms with Crippen molar-refractivity contribution >= 4 is 17.4 Å². The van der Waals surface area contributed by atoms with Crippen molar-refractivity contribution in [3.63, 3.8) is 0 Å². The number of benzene rings is 1. The van der Waals surface area contributed by atoms with E-state index in [4.69, 9.17) is 0 Å². The van der Waals surface area contributed by atoms with E-state index in [1.807, 2.05) is 0 Å². The first-order chi connectivity index (χ1) is 10.3. The van der Waals surface area contributed by atoms with Gasteiger partial charge < -0.3 is 10.6 Å². The molecule has 1 aromatic carbocycles. The van der Waals surface area contributed by atoms with Crippen molar-refractivity contribution < 1.29 is 0 Å². The van der Waals surface area contributed by atoms with E-state index in [1.165, 1.54) is 62.1 Å². The smallest absolute Gasteiger partial charge is 0.0343 e. The van der Waals surface area contributed by atoms with Crippen molar-refractivity contribution in [3.05, 3.63) is 24.3 Å². The van der Waals surface area contributed by atoms with Gasteiger partial charge >= 0.3 is 0 Å². The quantitative estimate of drug-likeness (QED) is 0.799. The molecule has 2 nitrogen and oxygen atoms in total. The molecule has 116 valence electrons. The molecule has 0 amide bonds. The maximum Gasteiger partial charge on any atom is 0.0343 e. The molecule has 2 aliphatic rings. The fourth-order valence-corrected chi connectivity index (χ4v) is 4.80. The minimum absolute atomic E-state index is 0.536. The molecule has 2 N–H and O–H groups in total. The summed E-state index contributed by atoms with van der Waals surface area (Å²) in [5, 5.41) is 8.08. The maximum atomic E-state index is 3.64. The first kappa shape index (κ1) is 15.2. The van der Waals surface area contributed by atoms with Crippen LogP contribution in [0.15, 0.2) is 29.2 Å². The van der Waals surface area contributed by atoms with E-state index < -0.39 is 0 Å². The molecular formula is C18H28N2S. The van der Waals surface area contributed by atoms with Gasteiger partial charge in [0.15, 0.2) is 0 Å². The minimum Gasteiger partial charge on any atom is -0.383 e. The Hall–Kier alpha value is -0.670. The largest absolute Gasteiger partial charge is 0.383 e. The third kappa shape index (κ3) is 4.65. The van der Waals surface area contributed by atoms with E-state index in [9.17, 15) is 0 Å². The summed E-state index contributed by atoms with van der Waals surface area (Å²) in [6.45, 7) is 3.49. The Bertz CT molecular complexity index is 419. The lowest BCUT2D eigenvalue weighted by atomic mass is 10.1. The average Bonchev–Trinajstić information content (AvgIpc) is 3.14. The normalized spacial score (nSPS) is 24.3. The Labute approximate surface area is 133 Å². The molecule has 1 aliphatic heterocycles. The minimum atomic E-state index is 0.536. The zero-order valence-corrected chi connectivity index (χ0v) is 13.9. The van der Waals surface area contributed by atoms with Crippen LogP contribution in [0.3, 0.4) is 0 Å². The van der Waals surface area contributed by atoms with Gasteiger partial charge in [0.2, 0.25) is 0 Å². The van der Waals surface area contributed by atoms with Crippen molar-refractivity contribution in [1.82, 2.24) is 5.32 Å². The lowest BCUT2D eigenvalue weighted by Gasteiger charge is -2.19. The van der Waals surface area contributed by atoms with Crippen LogP contribution in [-0.4, -0.2) is 23.9 Å². The van der Waals surface area contributed by atoms with Crippen molar-refractivity contribution in [3.8, 4) is 0 Å². The van der Waals surface area contributed by atoms with E-state index in [-0.39, 0.29) is 0 Å². The van der Waals surface area contributed by atoms with Crippen LogP contribution < -0.4 is 10.6 Å². The third-order valence-corrected chi connectivity index (χ3v) is 6.02. The van der Waals surface area contributed by atoms with Gasteiger partial charge in [-0.2, -0.15) is 0 Å². The molecule has 1 saturated carbocycles. The van der Waals surface area contributed by atoms with Gasteiger partial charge in [0.25, 0.3) is 0 Å². The van der Waals surface area contributed by atoms with E-state index in [0.717, 1.165) is 5.25 Å². The van der Waals surface area contributed by atoms with Crippen molar-refractivity contribution in [2.45, 2.75) is 74.1 Å². The van der Waals surface area contributed by atoms with Gasteiger partial charge in [-0.3, -0.25) is 0 Å². The van der Waals surface area contributed by atoms with Gasteiger partial charge in [0.05, 0.1) is 0 Å². The highest BCUT2D eigenvalue weighted by molar-refractivity contribution is 8.00. The third-order valence-electron chi connectivity index (χ3n) is 4.67. The Kier molecular flexibility index (Phi) is 5.48. The van der Waals surface area contributed by atoms with Crippen LogP contribution in [0.25, 0.3) is 0 Å². The second-order valence-electron chi connectivity index (χ2n) is 6.62. The molecule has 2 atom stereocenters. The molecule has 2 unspecified atom stereocenters. The molecule has 2 fully saturated rings. The van der Waals surface area contributed by atoms with Gasteiger partial charge in [0, 0.05) is 27.9 Å². The Morgan fingerprint density at radius 1 is 1.14 bits per heavy atom. The monoisotopic (exact) mass is 304 g/mol. The molecule has 0 bridgehead atoms. The highest BCUT2D eigenvalue weighted by atomic mass is 32.2.